The van der Waals surface area contributed by atoms with Crippen molar-refractivity contribution < 1.29 is 4.39 Å². The summed E-state index contributed by atoms with van der Waals surface area (Å²) < 4.78 is 15.6. The summed E-state index contributed by atoms with van der Waals surface area (Å²) in [4.78, 5) is 21.8. The number of para-hydroxylation sites is 1. The fraction of sp³-hybridized carbons (Fsp3) is 0.320. The van der Waals surface area contributed by atoms with Crippen LogP contribution in [0.4, 0.5) is 4.39 Å². The number of aromatic nitrogens is 3. The molecule has 152 valence electrons. The molecule has 1 fully saturated rings. The summed E-state index contributed by atoms with van der Waals surface area (Å²) in [5.41, 5.74) is 2.81. The first-order valence-corrected chi connectivity index (χ1v) is 10.6. The number of halogens is 1. The molecule has 1 aliphatic carbocycles. The van der Waals surface area contributed by atoms with Gasteiger partial charge in [-0.2, -0.15) is 0 Å². The molecule has 0 spiro atoms. The molecule has 1 saturated carbocycles. The third kappa shape index (κ3) is 3.28. The SMILES string of the molecule is CC([C@H]1CC[C@@H](c2ccnc3ccc(F)cc32)CC1)n1cnc2ccccc2c1=O. The molecule has 4 aromatic rings. The molecule has 1 unspecified atom stereocenters. The zero-order valence-electron chi connectivity index (χ0n) is 17.0. The van der Waals surface area contributed by atoms with Crippen LogP contribution in [0.5, 0.6) is 0 Å². The van der Waals surface area contributed by atoms with Crippen LogP contribution in [0.3, 0.4) is 0 Å². The number of fused-ring (bicyclic) bond motifs is 2. The summed E-state index contributed by atoms with van der Waals surface area (Å²) in [6.07, 6.45) is 7.64. The zero-order valence-corrected chi connectivity index (χ0v) is 17.0. The van der Waals surface area contributed by atoms with Crippen LogP contribution in [0.25, 0.3) is 21.8 Å². The predicted molar refractivity (Wildman–Crippen MR) is 117 cm³/mol. The van der Waals surface area contributed by atoms with Crippen molar-refractivity contribution in [3.8, 4) is 0 Å². The van der Waals surface area contributed by atoms with Crippen molar-refractivity contribution in [2.24, 2.45) is 5.92 Å². The molecule has 2 aromatic heterocycles. The van der Waals surface area contributed by atoms with E-state index in [0.717, 1.165) is 42.1 Å². The van der Waals surface area contributed by atoms with Crippen LogP contribution < -0.4 is 5.56 Å². The Labute approximate surface area is 174 Å². The standard InChI is InChI=1S/C25H24FN3O/c1-16(29-15-28-23-5-3-2-4-21(23)25(29)30)17-6-8-18(9-7-17)20-12-13-27-24-11-10-19(26)14-22(20)24/h2-5,10-18H,6-9H2,1H3/t16?,17-,18+. The van der Waals surface area contributed by atoms with E-state index in [-0.39, 0.29) is 17.4 Å². The minimum atomic E-state index is -0.220. The molecule has 30 heavy (non-hydrogen) atoms. The lowest BCUT2D eigenvalue weighted by atomic mass is 9.75. The monoisotopic (exact) mass is 401 g/mol. The Kier molecular flexibility index (Phi) is 4.81. The van der Waals surface area contributed by atoms with Gasteiger partial charge in [0.05, 0.1) is 22.7 Å². The molecule has 0 bridgehead atoms. The second-order valence-corrected chi connectivity index (χ2v) is 8.39. The van der Waals surface area contributed by atoms with E-state index in [1.54, 1.807) is 23.0 Å². The molecular weight excluding hydrogens is 377 g/mol. The highest BCUT2D eigenvalue weighted by molar-refractivity contribution is 5.82. The van der Waals surface area contributed by atoms with Crippen LogP contribution in [0, 0.1) is 11.7 Å². The van der Waals surface area contributed by atoms with Gasteiger partial charge in [0.25, 0.3) is 5.56 Å². The second-order valence-electron chi connectivity index (χ2n) is 8.39. The number of hydrogen-bond acceptors (Lipinski definition) is 3. The van der Waals surface area contributed by atoms with Crippen molar-refractivity contribution in [1.82, 2.24) is 14.5 Å². The maximum Gasteiger partial charge on any atom is 0.261 e. The lowest BCUT2D eigenvalue weighted by molar-refractivity contribution is 0.243. The van der Waals surface area contributed by atoms with E-state index in [9.17, 15) is 9.18 Å². The van der Waals surface area contributed by atoms with Gasteiger partial charge < -0.3 is 0 Å². The molecule has 0 radical (unpaired) electrons. The molecule has 0 amide bonds. The first-order chi connectivity index (χ1) is 14.6. The van der Waals surface area contributed by atoms with Gasteiger partial charge in [-0.05, 0) is 86.4 Å². The van der Waals surface area contributed by atoms with Crippen LogP contribution in [-0.2, 0) is 0 Å². The Balaban J connectivity index is 1.37. The second kappa shape index (κ2) is 7.63. The molecular formula is C25H24FN3O. The fourth-order valence-electron chi connectivity index (χ4n) is 5.01. The van der Waals surface area contributed by atoms with Crippen molar-refractivity contribution >= 4 is 21.8 Å². The van der Waals surface area contributed by atoms with Crippen molar-refractivity contribution in [3.63, 3.8) is 0 Å². The molecule has 0 aliphatic heterocycles. The largest absolute Gasteiger partial charge is 0.296 e. The van der Waals surface area contributed by atoms with Crippen LogP contribution in [0.15, 0.2) is 65.8 Å². The molecule has 1 atom stereocenters. The molecule has 1 aliphatic rings. The van der Waals surface area contributed by atoms with Crippen LogP contribution in [0.2, 0.25) is 0 Å². The Morgan fingerprint density at radius 1 is 0.967 bits per heavy atom. The van der Waals surface area contributed by atoms with Crippen LogP contribution in [0.1, 0.15) is 50.1 Å². The maximum absolute atomic E-state index is 13.8. The summed E-state index contributed by atoms with van der Waals surface area (Å²) >= 11 is 0. The van der Waals surface area contributed by atoms with Crippen LogP contribution in [-0.4, -0.2) is 14.5 Å². The highest BCUT2D eigenvalue weighted by Crippen LogP contribution is 2.41. The average Bonchev–Trinajstić information content (AvgIpc) is 2.79. The summed E-state index contributed by atoms with van der Waals surface area (Å²) in [6.45, 7) is 2.13. The summed E-state index contributed by atoms with van der Waals surface area (Å²) in [7, 11) is 0. The van der Waals surface area contributed by atoms with Gasteiger partial charge in [-0.3, -0.25) is 14.3 Å². The average molecular weight is 401 g/mol. The Morgan fingerprint density at radius 3 is 2.57 bits per heavy atom. The Bertz CT molecular complexity index is 1270. The number of nitrogens with zero attached hydrogens (tertiary/aromatic N) is 3. The van der Waals surface area contributed by atoms with E-state index in [1.165, 1.54) is 11.6 Å². The number of rotatable bonds is 3. The highest BCUT2D eigenvalue weighted by Gasteiger charge is 2.28. The lowest BCUT2D eigenvalue weighted by Crippen LogP contribution is -2.30. The third-order valence-electron chi connectivity index (χ3n) is 6.76. The van der Waals surface area contributed by atoms with E-state index in [2.05, 4.69) is 16.9 Å². The number of hydrogen-bond donors (Lipinski definition) is 0. The fourth-order valence-corrected chi connectivity index (χ4v) is 5.01. The minimum Gasteiger partial charge on any atom is -0.296 e. The van der Waals surface area contributed by atoms with E-state index in [1.807, 2.05) is 36.5 Å². The van der Waals surface area contributed by atoms with Crippen molar-refractivity contribution in [2.45, 2.75) is 44.6 Å². The van der Waals surface area contributed by atoms with Gasteiger partial charge in [0.15, 0.2) is 0 Å². The van der Waals surface area contributed by atoms with Gasteiger partial charge in [0.1, 0.15) is 5.82 Å². The first kappa shape index (κ1) is 18.9. The summed E-state index contributed by atoms with van der Waals surface area (Å²) in [5.74, 6) is 0.598. The van der Waals surface area contributed by atoms with Gasteiger partial charge in [-0.25, -0.2) is 9.37 Å². The molecule has 2 aromatic carbocycles. The lowest BCUT2D eigenvalue weighted by Gasteiger charge is -2.33. The van der Waals surface area contributed by atoms with Gasteiger partial charge >= 0.3 is 0 Å². The quantitative estimate of drug-likeness (QED) is 0.448. The smallest absolute Gasteiger partial charge is 0.261 e. The summed E-state index contributed by atoms with van der Waals surface area (Å²) in [6, 6.07) is 14.5. The normalized spacial score (nSPS) is 20.5. The highest BCUT2D eigenvalue weighted by atomic mass is 19.1. The van der Waals surface area contributed by atoms with E-state index >= 15 is 0 Å². The van der Waals surface area contributed by atoms with Crippen LogP contribution >= 0.6 is 0 Å². The van der Waals surface area contributed by atoms with Gasteiger partial charge in [0.2, 0.25) is 0 Å². The predicted octanol–water partition coefficient (Wildman–Crippen LogP) is 5.62. The van der Waals surface area contributed by atoms with Crippen molar-refractivity contribution in [3.05, 3.63) is 82.8 Å². The molecule has 0 N–H and O–H groups in total. The first-order valence-electron chi connectivity index (χ1n) is 10.6. The number of pyridine rings is 1. The maximum atomic E-state index is 13.8. The molecule has 5 heteroatoms. The molecule has 0 saturated heterocycles. The van der Waals surface area contributed by atoms with Gasteiger partial charge in [-0.1, -0.05) is 12.1 Å². The Morgan fingerprint density at radius 2 is 1.73 bits per heavy atom. The summed E-state index contributed by atoms with van der Waals surface area (Å²) in [5, 5.41) is 1.59. The third-order valence-corrected chi connectivity index (χ3v) is 6.76. The molecule has 2 heterocycles. The van der Waals surface area contributed by atoms with Crippen molar-refractivity contribution in [1.29, 1.82) is 0 Å². The minimum absolute atomic E-state index is 0.0332. The topological polar surface area (TPSA) is 47.8 Å². The Hall–Kier alpha value is -3.08. The van der Waals surface area contributed by atoms with Gasteiger partial charge in [0, 0.05) is 17.6 Å². The zero-order chi connectivity index (χ0) is 20.7. The molecule has 4 nitrogen and oxygen atoms in total. The molecule has 5 rings (SSSR count). The number of benzene rings is 2. The van der Waals surface area contributed by atoms with Gasteiger partial charge in [-0.15, -0.1) is 0 Å². The van der Waals surface area contributed by atoms with Crippen molar-refractivity contribution in [2.75, 3.05) is 0 Å². The van der Waals surface area contributed by atoms with E-state index in [4.69, 9.17) is 0 Å². The van der Waals surface area contributed by atoms with E-state index < -0.39 is 0 Å². The van der Waals surface area contributed by atoms with E-state index in [0.29, 0.717) is 17.2 Å².